The predicted molar refractivity (Wildman–Crippen MR) is 270 cm³/mol. The van der Waals surface area contributed by atoms with Gasteiger partial charge in [0.05, 0.1) is 27.2 Å². The summed E-state index contributed by atoms with van der Waals surface area (Å²) in [5.41, 5.74) is 19.0. The summed E-state index contributed by atoms with van der Waals surface area (Å²) >= 11 is 1.87. The molecule has 0 fully saturated rings. The zero-order valence-corrected chi connectivity index (χ0v) is 35.7. The first kappa shape index (κ1) is 36.7. The van der Waals surface area contributed by atoms with E-state index in [-0.39, 0.29) is 0 Å². The van der Waals surface area contributed by atoms with Crippen molar-refractivity contribution >= 4 is 65.6 Å². The topological polar surface area (TPSA) is 6.48 Å². The van der Waals surface area contributed by atoms with Crippen LogP contribution in [0.5, 0.6) is 0 Å². The number of para-hydroxylation sites is 3. The predicted octanol–water partition coefficient (Wildman–Crippen LogP) is 17.0. The number of fused-ring (bicyclic) bond motifs is 8. The molecular weight excluding hydrogens is 793 g/mol. The molecule has 2 nitrogen and oxygen atoms in total. The normalized spacial score (nSPS) is 14.6. The van der Waals surface area contributed by atoms with Gasteiger partial charge in [-0.15, -0.1) is 11.3 Å². The van der Waals surface area contributed by atoms with Gasteiger partial charge in [0.25, 0.3) is 0 Å². The summed E-state index contributed by atoms with van der Waals surface area (Å²) in [6, 6.07) is 89.5. The average Bonchev–Trinajstić information content (AvgIpc) is 3.90. The number of hydrogen-bond acceptors (Lipinski definition) is 3. The van der Waals surface area contributed by atoms with Gasteiger partial charge >= 0.3 is 0 Å². The lowest BCUT2D eigenvalue weighted by atomic mass is 9.64. The summed E-state index contributed by atoms with van der Waals surface area (Å²) < 4.78 is 2.58. The molecule has 2 aliphatic rings. The largest absolute Gasteiger partial charge is 0.310 e. The summed E-state index contributed by atoms with van der Waals surface area (Å²) in [5.74, 6) is 0. The molecule has 0 N–H and O–H groups in total. The maximum atomic E-state index is 2.53. The molecule has 64 heavy (non-hydrogen) atoms. The molecule has 0 saturated heterocycles. The Bertz CT molecular complexity index is 3540. The van der Waals surface area contributed by atoms with Crippen LogP contribution in [0.25, 0.3) is 53.6 Å². The molecule has 2 heterocycles. The molecule has 0 radical (unpaired) electrons. The van der Waals surface area contributed by atoms with Crippen LogP contribution in [0.4, 0.5) is 34.1 Å². The maximum absolute atomic E-state index is 2.53. The number of thiophene rings is 1. The van der Waals surface area contributed by atoms with Crippen molar-refractivity contribution in [3.05, 3.63) is 265 Å². The molecule has 0 saturated carbocycles. The van der Waals surface area contributed by atoms with Crippen molar-refractivity contribution in [2.45, 2.75) is 5.41 Å². The molecule has 0 spiro atoms. The van der Waals surface area contributed by atoms with Crippen LogP contribution in [0.15, 0.2) is 243 Å². The van der Waals surface area contributed by atoms with Crippen LogP contribution in [-0.2, 0) is 5.41 Å². The van der Waals surface area contributed by atoms with Crippen molar-refractivity contribution in [1.82, 2.24) is 0 Å². The molecule has 300 valence electrons. The fourth-order valence-electron chi connectivity index (χ4n) is 10.8. The van der Waals surface area contributed by atoms with Crippen molar-refractivity contribution in [3.63, 3.8) is 0 Å². The highest BCUT2D eigenvalue weighted by molar-refractivity contribution is 7.26. The van der Waals surface area contributed by atoms with E-state index in [1.807, 2.05) is 11.3 Å². The number of rotatable bonds is 7. The van der Waals surface area contributed by atoms with E-state index in [1.54, 1.807) is 0 Å². The van der Waals surface area contributed by atoms with E-state index in [4.69, 9.17) is 0 Å². The molecule has 1 aliphatic carbocycles. The van der Waals surface area contributed by atoms with Gasteiger partial charge in [-0.05, 0) is 123 Å². The second-order valence-corrected chi connectivity index (χ2v) is 17.8. The number of anilines is 6. The molecular formula is C61H40N2S. The Morgan fingerprint density at radius 1 is 0.391 bits per heavy atom. The molecule has 13 rings (SSSR count). The molecule has 1 atom stereocenters. The average molecular weight is 833 g/mol. The summed E-state index contributed by atoms with van der Waals surface area (Å²) in [7, 11) is 0. The van der Waals surface area contributed by atoms with E-state index in [2.05, 4.69) is 252 Å². The smallest absolute Gasteiger partial charge is 0.0754 e. The third-order valence-electron chi connectivity index (χ3n) is 13.4. The lowest BCUT2D eigenvalue weighted by molar-refractivity contribution is 0.754. The van der Waals surface area contributed by atoms with Gasteiger partial charge in [0.15, 0.2) is 0 Å². The van der Waals surface area contributed by atoms with Gasteiger partial charge in [0, 0.05) is 38.1 Å². The number of benzene rings is 10. The SMILES string of the molecule is c1ccc(-c2cc3c(cc2-c2ccc(N(c4ccccc4)c4cccc5c4sc4ccccc45)cc2)C2(c4ccccc4)c4ccccc4N(c4ccccc4)c4cccc-3c42)cc1. The lowest BCUT2D eigenvalue weighted by Gasteiger charge is -2.44. The highest BCUT2D eigenvalue weighted by atomic mass is 32.1. The molecule has 1 unspecified atom stereocenters. The maximum Gasteiger partial charge on any atom is 0.0754 e. The van der Waals surface area contributed by atoms with Crippen molar-refractivity contribution in [1.29, 1.82) is 0 Å². The first-order valence-electron chi connectivity index (χ1n) is 22.0. The second-order valence-electron chi connectivity index (χ2n) is 16.8. The minimum atomic E-state index is -0.554. The van der Waals surface area contributed by atoms with Crippen molar-refractivity contribution in [2.24, 2.45) is 0 Å². The highest BCUT2D eigenvalue weighted by Gasteiger charge is 2.52. The Balaban J connectivity index is 1.05. The molecule has 0 bridgehead atoms. The van der Waals surface area contributed by atoms with Gasteiger partial charge < -0.3 is 9.80 Å². The zero-order chi connectivity index (χ0) is 42.2. The zero-order valence-electron chi connectivity index (χ0n) is 34.9. The van der Waals surface area contributed by atoms with Crippen molar-refractivity contribution in [3.8, 4) is 33.4 Å². The standard InChI is InChI=1S/C61H40N2S/c1-5-19-41(20-6-1)50-39-52-48-28-17-32-56-59(48)61(43-21-7-2-8-22-43,53-30-14-15-31-55(53)63(56)45-25-11-4-12-26-45)54(52)40-51(50)42-35-37-46(38-36-42)62(44-23-9-3-10-24-44)57-33-18-29-49-47-27-13-16-34-58(47)64-60(49)57/h1-40H. The third kappa shape index (κ3) is 5.38. The first-order valence-corrected chi connectivity index (χ1v) is 22.8. The van der Waals surface area contributed by atoms with Gasteiger partial charge in [-0.1, -0.05) is 170 Å². The van der Waals surface area contributed by atoms with Crippen molar-refractivity contribution in [2.75, 3.05) is 9.80 Å². The van der Waals surface area contributed by atoms with Crippen molar-refractivity contribution < 1.29 is 0 Å². The Hall–Kier alpha value is -7.98. The Kier molecular flexibility index (Phi) is 8.34. The Morgan fingerprint density at radius 3 is 1.78 bits per heavy atom. The van der Waals surface area contributed by atoms with Crippen LogP contribution in [0.3, 0.4) is 0 Å². The van der Waals surface area contributed by atoms with E-state index < -0.39 is 5.41 Å². The van der Waals surface area contributed by atoms with Crippen LogP contribution < -0.4 is 9.80 Å². The molecule has 1 aromatic heterocycles. The van der Waals surface area contributed by atoms with Crippen LogP contribution in [0.2, 0.25) is 0 Å². The van der Waals surface area contributed by atoms with Gasteiger partial charge in [0.1, 0.15) is 0 Å². The van der Waals surface area contributed by atoms with E-state index in [9.17, 15) is 0 Å². The van der Waals surface area contributed by atoms with Crippen LogP contribution in [0, 0.1) is 0 Å². The van der Waals surface area contributed by atoms with Gasteiger partial charge in [-0.3, -0.25) is 0 Å². The fourth-order valence-corrected chi connectivity index (χ4v) is 12.0. The highest BCUT2D eigenvalue weighted by Crippen LogP contribution is 2.65. The van der Waals surface area contributed by atoms with E-state index in [0.29, 0.717) is 0 Å². The molecule has 0 amide bonds. The van der Waals surface area contributed by atoms with Gasteiger partial charge in [-0.2, -0.15) is 0 Å². The van der Waals surface area contributed by atoms with Gasteiger partial charge in [-0.25, -0.2) is 0 Å². The lowest BCUT2D eigenvalue weighted by Crippen LogP contribution is -2.35. The summed E-state index contributed by atoms with van der Waals surface area (Å²) in [6.07, 6.45) is 0. The van der Waals surface area contributed by atoms with E-state index in [0.717, 1.165) is 17.1 Å². The monoisotopic (exact) mass is 832 g/mol. The molecule has 10 aromatic carbocycles. The molecule has 11 aromatic rings. The minimum absolute atomic E-state index is 0.554. The Morgan fingerprint density at radius 2 is 0.984 bits per heavy atom. The van der Waals surface area contributed by atoms with E-state index in [1.165, 1.54) is 92.9 Å². The third-order valence-corrected chi connectivity index (χ3v) is 14.6. The van der Waals surface area contributed by atoms with E-state index >= 15 is 0 Å². The number of nitrogens with zero attached hydrogens (tertiary/aromatic N) is 2. The summed E-state index contributed by atoms with van der Waals surface area (Å²) in [5, 5.41) is 2.59. The second kappa shape index (κ2) is 14.6. The minimum Gasteiger partial charge on any atom is -0.310 e. The molecule has 3 heteroatoms. The molecule has 1 aliphatic heterocycles. The van der Waals surface area contributed by atoms with Gasteiger partial charge in [0.2, 0.25) is 0 Å². The fraction of sp³-hybridized carbons (Fsp3) is 0.0164. The summed E-state index contributed by atoms with van der Waals surface area (Å²) in [4.78, 5) is 4.89. The number of hydrogen-bond donors (Lipinski definition) is 0. The quantitative estimate of drug-likeness (QED) is 0.158. The van der Waals surface area contributed by atoms with Crippen LogP contribution >= 0.6 is 11.3 Å². The first-order chi connectivity index (χ1) is 31.8. The summed E-state index contributed by atoms with van der Waals surface area (Å²) in [6.45, 7) is 0. The van der Waals surface area contributed by atoms with Crippen LogP contribution in [-0.4, -0.2) is 0 Å². The Labute approximate surface area is 377 Å². The van der Waals surface area contributed by atoms with Crippen LogP contribution in [0.1, 0.15) is 22.3 Å².